The first-order chi connectivity index (χ1) is 11.4. The van der Waals surface area contributed by atoms with E-state index in [9.17, 15) is 0 Å². The van der Waals surface area contributed by atoms with Crippen molar-refractivity contribution in [3.05, 3.63) is 77.5 Å². The molecule has 4 heteroatoms. The highest BCUT2D eigenvalue weighted by molar-refractivity contribution is 5.55. The predicted molar refractivity (Wildman–Crippen MR) is 89.4 cm³/mol. The van der Waals surface area contributed by atoms with Crippen LogP contribution in [0.3, 0.4) is 0 Å². The van der Waals surface area contributed by atoms with E-state index < -0.39 is 0 Å². The number of hydrogen-bond donors (Lipinski definition) is 0. The topological polar surface area (TPSA) is 42.2 Å². The Balaban J connectivity index is 1.48. The summed E-state index contributed by atoms with van der Waals surface area (Å²) >= 11 is 0. The minimum absolute atomic E-state index is 0.677. The molecule has 0 amide bonds. The molecule has 2 aromatic carbocycles. The number of rotatable bonds is 4. The van der Waals surface area contributed by atoms with Crippen LogP contribution in [0.1, 0.15) is 29.3 Å². The molecule has 116 valence electrons. The Kier molecular flexibility index (Phi) is 3.80. The molecule has 1 aliphatic rings. The summed E-state index contributed by atoms with van der Waals surface area (Å²) in [6.45, 7) is 1.71. The molecule has 0 unspecified atom stereocenters. The lowest BCUT2D eigenvalue weighted by atomic mass is 10.0. The fourth-order valence-corrected chi connectivity index (χ4v) is 3.13. The zero-order valence-corrected chi connectivity index (χ0v) is 13.0. The van der Waals surface area contributed by atoms with Gasteiger partial charge in [0.1, 0.15) is 0 Å². The first-order valence-electron chi connectivity index (χ1n) is 8.06. The molecule has 0 spiro atoms. The number of benzene rings is 2. The van der Waals surface area contributed by atoms with Crippen molar-refractivity contribution in [3.63, 3.8) is 0 Å². The third-order valence-electron chi connectivity index (χ3n) is 4.24. The second-order valence-electron chi connectivity index (χ2n) is 5.91. The van der Waals surface area contributed by atoms with Crippen molar-refractivity contribution >= 4 is 5.69 Å². The van der Waals surface area contributed by atoms with Crippen LogP contribution in [0.15, 0.2) is 59.0 Å². The van der Waals surface area contributed by atoms with Gasteiger partial charge in [-0.3, -0.25) is 0 Å². The molecule has 0 fully saturated rings. The molecule has 2 heterocycles. The molecule has 0 N–H and O–H groups in total. The Morgan fingerprint density at radius 3 is 2.61 bits per heavy atom. The lowest BCUT2D eigenvalue weighted by Crippen LogP contribution is -2.28. The highest BCUT2D eigenvalue weighted by Crippen LogP contribution is 2.27. The molecule has 4 rings (SSSR count). The monoisotopic (exact) mass is 305 g/mol. The highest BCUT2D eigenvalue weighted by atomic mass is 16.4. The van der Waals surface area contributed by atoms with Gasteiger partial charge in [0.05, 0.1) is 13.0 Å². The van der Waals surface area contributed by atoms with Gasteiger partial charge in [0.25, 0.3) is 0 Å². The molecule has 23 heavy (non-hydrogen) atoms. The van der Waals surface area contributed by atoms with Crippen molar-refractivity contribution in [3.8, 4) is 0 Å². The smallest absolute Gasteiger partial charge is 0.235 e. The van der Waals surface area contributed by atoms with Crippen LogP contribution in [0.5, 0.6) is 0 Å². The summed E-state index contributed by atoms with van der Waals surface area (Å²) in [7, 11) is 0. The summed E-state index contributed by atoms with van der Waals surface area (Å²) in [6, 6.07) is 18.8. The van der Waals surface area contributed by atoms with E-state index in [-0.39, 0.29) is 0 Å². The average molecular weight is 305 g/mol. The molecule has 0 bridgehead atoms. The fourth-order valence-electron chi connectivity index (χ4n) is 3.13. The summed E-state index contributed by atoms with van der Waals surface area (Å²) in [5.41, 5.74) is 3.88. The van der Waals surface area contributed by atoms with Gasteiger partial charge >= 0.3 is 0 Å². The van der Waals surface area contributed by atoms with Gasteiger partial charge in [-0.1, -0.05) is 48.5 Å². The summed E-state index contributed by atoms with van der Waals surface area (Å²) in [6.07, 6.45) is 3.00. The number of nitrogens with zero attached hydrogens (tertiary/aromatic N) is 3. The molecule has 0 aliphatic carbocycles. The zero-order chi connectivity index (χ0) is 15.5. The van der Waals surface area contributed by atoms with E-state index in [1.54, 1.807) is 0 Å². The van der Waals surface area contributed by atoms with Crippen LogP contribution in [0.4, 0.5) is 5.69 Å². The molecular formula is C19H19N3O. The maximum Gasteiger partial charge on any atom is 0.235 e. The first kappa shape index (κ1) is 14.0. The summed E-state index contributed by atoms with van der Waals surface area (Å²) in [5.74, 6) is 1.36. The van der Waals surface area contributed by atoms with Crippen LogP contribution in [0.2, 0.25) is 0 Å². The van der Waals surface area contributed by atoms with Gasteiger partial charge < -0.3 is 9.32 Å². The molecular weight excluding hydrogens is 286 g/mol. The van der Waals surface area contributed by atoms with Crippen LogP contribution < -0.4 is 4.90 Å². The Morgan fingerprint density at radius 2 is 1.70 bits per heavy atom. The summed E-state index contributed by atoms with van der Waals surface area (Å²) < 4.78 is 5.84. The molecule has 4 nitrogen and oxygen atoms in total. The SMILES string of the molecule is c1ccc(Cc2nnc(CN3CCCc4ccccc43)o2)cc1. The molecule has 1 aliphatic heterocycles. The van der Waals surface area contributed by atoms with E-state index in [2.05, 4.69) is 51.5 Å². The zero-order valence-electron chi connectivity index (χ0n) is 13.0. The van der Waals surface area contributed by atoms with Gasteiger partial charge in [0, 0.05) is 12.2 Å². The fraction of sp³-hybridized carbons (Fsp3) is 0.263. The second-order valence-corrected chi connectivity index (χ2v) is 5.91. The van der Waals surface area contributed by atoms with Gasteiger partial charge in [0.2, 0.25) is 11.8 Å². The normalized spacial score (nSPS) is 13.8. The van der Waals surface area contributed by atoms with Crippen molar-refractivity contribution in [2.75, 3.05) is 11.4 Å². The molecule has 0 saturated heterocycles. The molecule has 0 radical (unpaired) electrons. The minimum Gasteiger partial charge on any atom is -0.423 e. The lowest BCUT2D eigenvalue weighted by molar-refractivity contribution is 0.450. The highest BCUT2D eigenvalue weighted by Gasteiger charge is 2.18. The first-order valence-corrected chi connectivity index (χ1v) is 8.06. The van der Waals surface area contributed by atoms with Crippen molar-refractivity contribution in [2.45, 2.75) is 25.8 Å². The summed E-state index contributed by atoms with van der Waals surface area (Å²) in [5, 5.41) is 8.41. The largest absolute Gasteiger partial charge is 0.423 e. The van der Waals surface area contributed by atoms with Crippen LogP contribution in [0.25, 0.3) is 0 Å². The molecule has 3 aromatic rings. The van der Waals surface area contributed by atoms with Gasteiger partial charge in [-0.2, -0.15) is 0 Å². The third-order valence-corrected chi connectivity index (χ3v) is 4.24. The maximum absolute atomic E-state index is 5.84. The maximum atomic E-state index is 5.84. The number of hydrogen-bond acceptors (Lipinski definition) is 4. The second kappa shape index (κ2) is 6.24. The molecule has 1 aromatic heterocycles. The Labute approximate surface area is 135 Å². The van der Waals surface area contributed by atoms with Crippen LogP contribution in [0, 0.1) is 0 Å². The standard InChI is InChI=1S/C19H19N3O/c1-2-7-15(8-3-1)13-18-20-21-19(23-18)14-22-12-6-10-16-9-4-5-11-17(16)22/h1-5,7-9,11H,6,10,12-14H2. The van der Waals surface area contributed by atoms with Gasteiger partial charge in [-0.25, -0.2) is 0 Å². The number of aromatic nitrogens is 2. The van der Waals surface area contributed by atoms with Crippen molar-refractivity contribution in [2.24, 2.45) is 0 Å². The van der Waals surface area contributed by atoms with Crippen molar-refractivity contribution < 1.29 is 4.42 Å². The summed E-state index contributed by atoms with van der Waals surface area (Å²) in [4.78, 5) is 2.33. The van der Waals surface area contributed by atoms with E-state index in [0.29, 0.717) is 24.7 Å². The lowest BCUT2D eigenvalue weighted by Gasteiger charge is -2.29. The number of fused-ring (bicyclic) bond motifs is 1. The predicted octanol–water partition coefficient (Wildman–Crippen LogP) is 3.61. The number of para-hydroxylation sites is 1. The third kappa shape index (κ3) is 3.11. The van der Waals surface area contributed by atoms with Crippen molar-refractivity contribution in [1.29, 1.82) is 0 Å². The van der Waals surface area contributed by atoms with E-state index >= 15 is 0 Å². The van der Waals surface area contributed by atoms with Crippen LogP contribution in [-0.2, 0) is 19.4 Å². The van der Waals surface area contributed by atoms with Crippen LogP contribution in [-0.4, -0.2) is 16.7 Å². The molecule has 0 atom stereocenters. The Morgan fingerprint density at radius 1 is 0.913 bits per heavy atom. The number of anilines is 1. The van der Waals surface area contributed by atoms with E-state index in [1.165, 1.54) is 23.2 Å². The van der Waals surface area contributed by atoms with Gasteiger partial charge in [0.15, 0.2) is 0 Å². The van der Waals surface area contributed by atoms with Crippen LogP contribution >= 0.6 is 0 Å². The average Bonchev–Trinajstić information content (AvgIpc) is 3.03. The molecule has 0 saturated carbocycles. The van der Waals surface area contributed by atoms with Gasteiger partial charge in [-0.05, 0) is 30.0 Å². The number of aryl methyl sites for hydroxylation is 1. The quantitative estimate of drug-likeness (QED) is 0.738. The van der Waals surface area contributed by atoms with E-state index in [0.717, 1.165) is 13.0 Å². The van der Waals surface area contributed by atoms with E-state index in [4.69, 9.17) is 4.42 Å². The minimum atomic E-state index is 0.677. The Hall–Kier alpha value is -2.62. The van der Waals surface area contributed by atoms with E-state index in [1.807, 2.05) is 18.2 Å². The Bertz CT molecular complexity index is 782. The van der Waals surface area contributed by atoms with Gasteiger partial charge in [-0.15, -0.1) is 10.2 Å². The van der Waals surface area contributed by atoms with Crippen molar-refractivity contribution in [1.82, 2.24) is 10.2 Å².